The molecule has 16 heavy (non-hydrogen) atoms. The summed E-state index contributed by atoms with van der Waals surface area (Å²) in [5, 5.41) is 1.94. The van der Waals surface area contributed by atoms with E-state index in [2.05, 4.69) is 18.7 Å². The van der Waals surface area contributed by atoms with Gasteiger partial charge in [-0.15, -0.1) is 11.3 Å². The van der Waals surface area contributed by atoms with E-state index >= 15 is 0 Å². The summed E-state index contributed by atoms with van der Waals surface area (Å²) in [5.74, 6) is 0.219. The number of rotatable bonds is 3. The van der Waals surface area contributed by atoms with E-state index in [0.29, 0.717) is 6.54 Å². The van der Waals surface area contributed by atoms with Gasteiger partial charge in [-0.25, -0.2) is 0 Å². The van der Waals surface area contributed by atoms with Gasteiger partial charge < -0.3 is 4.74 Å². The van der Waals surface area contributed by atoms with Crippen LogP contribution in [0.15, 0.2) is 17.5 Å². The fraction of sp³-hybridized carbons (Fsp3) is 0.583. The quantitative estimate of drug-likeness (QED) is 0.756. The predicted molar refractivity (Wildman–Crippen MR) is 65.1 cm³/mol. The average Bonchev–Trinajstić information content (AvgIpc) is 2.68. The molecule has 4 heteroatoms. The molecule has 1 aliphatic rings. The maximum atomic E-state index is 11.9. The van der Waals surface area contributed by atoms with Crippen molar-refractivity contribution in [3.63, 3.8) is 0 Å². The minimum absolute atomic E-state index is 0.219. The summed E-state index contributed by atoms with van der Waals surface area (Å²) in [5.41, 5.74) is 0. The number of carbonyl (C=O) groups excluding carboxylic acids is 1. The van der Waals surface area contributed by atoms with Gasteiger partial charge >= 0.3 is 0 Å². The SMILES string of the molecule is CC1CN(CC(=O)c2cccs2)CC(C)O1. The Hall–Kier alpha value is -0.710. The van der Waals surface area contributed by atoms with Gasteiger partial charge in [0.25, 0.3) is 0 Å². The van der Waals surface area contributed by atoms with Crippen LogP contribution in [-0.2, 0) is 4.74 Å². The molecular formula is C12H17NO2S. The number of nitrogens with zero attached hydrogens (tertiary/aromatic N) is 1. The Morgan fingerprint density at radius 2 is 2.19 bits per heavy atom. The van der Waals surface area contributed by atoms with E-state index in [-0.39, 0.29) is 18.0 Å². The van der Waals surface area contributed by atoms with Gasteiger partial charge in [0.1, 0.15) is 0 Å². The van der Waals surface area contributed by atoms with Crippen LogP contribution in [0.3, 0.4) is 0 Å². The molecule has 1 saturated heterocycles. The highest BCUT2D eigenvalue weighted by molar-refractivity contribution is 7.12. The van der Waals surface area contributed by atoms with Crippen molar-refractivity contribution in [1.29, 1.82) is 0 Å². The van der Waals surface area contributed by atoms with E-state index in [1.807, 2.05) is 17.5 Å². The number of morpholine rings is 1. The van der Waals surface area contributed by atoms with Gasteiger partial charge in [-0.1, -0.05) is 6.07 Å². The smallest absolute Gasteiger partial charge is 0.186 e. The van der Waals surface area contributed by atoms with Crippen LogP contribution in [0.5, 0.6) is 0 Å². The van der Waals surface area contributed by atoms with E-state index in [1.165, 1.54) is 11.3 Å². The lowest BCUT2D eigenvalue weighted by Crippen LogP contribution is -2.47. The normalized spacial score (nSPS) is 26.9. The molecule has 2 atom stereocenters. The van der Waals surface area contributed by atoms with Crippen LogP contribution in [0, 0.1) is 0 Å². The molecule has 2 rings (SSSR count). The number of hydrogen-bond acceptors (Lipinski definition) is 4. The summed E-state index contributed by atoms with van der Waals surface area (Å²) in [4.78, 5) is 15.0. The molecule has 0 saturated carbocycles. The van der Waals surface area contributed by atoms with Crippen molar-refractivity contribution < 1.29 is 9.53 Å². The number of ketones is 1. The van der Waals surface area contributed by atoms with Crippen LogP contribution in [0.25, 0.3) is 0 Å². The number of ether oxygens (including phenoxy) is 1. The van der Waals surface area contributed by atoms with Crippen molar-refractivity contribution in [2.24, 2.45) is 0 Å². The van der Waals surface area contributed by atoms with Gasteiger partial charge in [0, 0.05) is 13.1 Å². The molecule has 0 aliphatic carbocycles. The van der Waals surface area contributed by atoms with Gasteiger partial charge in [-0.05, 0) is 25.3 Å². The topological polar surface area (TPSA) is 29.5 Å². The number of carbonyl (C=O) groups is 1. The number of thiophene rings is 1. The number of Topliss-reactive ketones (excluding diaryl/α,β-unsaturated/α-hetero) is 1. The maximum absolute atomic E-state index is 11.9. The Bertz CT molecular complexity index is 340. The molecule has 2 unspecified atom stereocenters. The Kier molecular flexibility index (Phi) is 3.74. The summed E-state index contributed by atoms with van der Waals surface area (Å²) in [6.45, 7) is 6.32. The highest BCUT2D eigenvalue weighted by atomic mass is 32.1. The van der Waals surface area contributed by atoms with Crippen LogP contribution >= 0.6 is 11.3 Å². The monoisotopic (exact) mass is 239 g/mol. The predicted octanol–water partition coefficient (Wildman–Crippen LogP) is 2.04. The molecule has 0 amide bonds. The standard InChI is InChI=1S/C12H17NO2S/c1-9-6-13(7-10(2)15-9)8-11(14)12-4-3-5-16-12/h3-5,9-10H,6-8H2,1-2H3. The van der Waals surface area contributed by atoms with Gasteiger partial charge in [0.15, 0.2) is 5.78 Å². The van der Waals surface area contributed by atoms with Crippen molar-refractivity contribution >= 4 is 17.1 Å². The molecule has 0 N–H and O–H groups in total. The largest absolute Gasteiger partial charge is 0.373 e. The third-order valence-electron chi connectivity index (χ3n) is 2.66. The van der Waals surface area contributed by atoms with E-state index in [9.17, 15) is 4.79 Å². The Labute approximate surface area is 100 Å². The third kappa shape index (κ3) is 2.90. The molecule has 0 aromatic carbocycles. The zero-order chi connectivity index (χ0) is 11.5. The summed E-state index contributed by atoms with van der Waals surface area (Å²) in [6, 6.07) is 3.81. The minimum atomic E-state index is 0.219. The van der Waals surface area contributed by atoms with E-state index in [1.54, 1.807) is 0 Å². The first-order chi connectivity index (χ1) is 7.65. The van der Waals surface area contributed by atoms with E-state index in [4.69, 9.17) is 4.74 Å². The maximum Gasteiger partial charge on any atom is 0.186 e. The molecule has 3 nitrogen and oxygen atoms in total. The molecular weight excluding hydrogens is 222 g/mol. The first kappa shape index (κ1) is 11.8. The van der Waals surface area contributed by atoms with Gasteiger partial charge in [0.2, 0.25) is 0 Å². The molecule has 88 valence electrons. The second-order valence-electron chi connectivity index (χ2n) is 4.35. The van der Waals surface area contributed by atoms with Gasteiger partial charge in [0.05, 0.1) is 23.6 Å². The van der Waals surface area contributed by atoms with E-state index in [0.717, 1.165) is 18.0 Å². The van der Waals surface area contributed by atoms with Crippen LogP contribution in [0.2, 0.25) is 0 Å². The Balaban J connectivity index is 1.92. The van der Waals surface area contributed by atoms with Crippen LogP contribution in [0.1, 0.15) is 23.5 Å². The number of hydrogen-bond donors (Lipinski definition) is 0. The lowest BCUT2D eigenvalue weighted by Gasteiger charge is -2.34. The minimum Gasteiger partial charge on any atom is -0.373 e. The van der Waals surface area contributed by atoms with Gasteiger partial charge in [-0.3, -0.25) is 9.69 Å². The first-order valence-corrected chi connectivity index (χ1v) is 6.47. The van der Waals surface area contributed by atoms with Crippen molar-refractivity contribution in [2.75, 3.05) is 19.6 Å². The zero-order valence-electron chi connectivity index (χ0n) is 9.68. The van der Waals surface area contributed by atoms with Crippen molar-refractivity contribution in [3.05, 3.63) is 22.4 Å². The molecule has 0 spiro atoms. The molecule has 1 aromatic rings. The summed E-state index contributed by atoms with van der Waals surface area (Å²) < 4.78 is 5.64. The van der Waals surface area contributed by atoms with Crippen molar-refractivity contribution in [1.82, 2.24) is 4.90 Å². The fourth-order valence-electron chi connectivity index (χ4n) is 2.13. The van der Waals surface area contributed by atoms with Gasteiger partial charge in [-0.2, -0.15) is 0 Å². The average molecular weight is 239 g/mol. The van der Waals surface area contributed by atoms with Crippen LogP contribution in [-0.4, -0.2) is 42.5 Å². The summed E-state index contributed by atoms with van der Waals surface area (Å²) in [7, 11) is 0. The van der Waals surface area contributed by atoms with E-state index < -0.39 is 0 Å². The highest BCUT2D eigenvalue weighted by Crippen LogP contribution is 2.14. The lowest BCUT2D eigenvalue weighted by molar-refractivity contribution is -0.0652. The third-order valence-corrected chi connectivity index (χ3v) is 3.57. The fourth-order valence-corrected chi connectivity index (χ4v) is 2.79. The summed E-state index contributed by atoms with van der Waals surface area (Å²) in [6.07, 6.45) is 0.444. The van der Waals surface area contributed by atoms with Crippen LogP contribution in [0.4, 0.5) is 0 Å². The molecule has 0 radical (unpaired) electrons. The van der Waals surface area contributed by atoms with Crippen LogP contribution < -0.4 is 0 Å². The summed E-state index contributed by atoms with van der Waals surface area (Å²) >= 11 is 1.51. The highest BCUT2D eigenvalue weighted by Gasteiger charge is 2.24. The second-order valence-corrected chi connectivity index (χ2v) is 5.30. The zero-order valence-corrected chi connectivity index (χ0v) is 10.5. The lowest BCUT2D eigenvalue weighted by atomic mass is 10.2. The Morgan fingerprint density at radius 1 is 1.50 bits per heavy atom. The van der Waals surface area contributed by atoms with Crippen molar-refractivity contribution in [2.45, 2.75) is 26.1 Å². The molecule has 1 aliphatic heterocycles. The second kappa shape index (κ2) is 5.08. The molecule has 0 bridgehead atoms. The molecule has 2 heterocycles. The first-order valence-electron chi connectivity index (χ1n) is 5.59. The molecule has 1 aromatic heterocycles. The Morgan fingerprint density at radius 3 is 2.75 bits per heavy atom. The molecule has 1 fully saturated rings. The van der Waals surface area contributed by atoms with Crippen molar-refractivity contribution in [3.8, 4) is 0 Å².